The predicted molar refractivity (Wildman–Crippen MR) is 182 cm³/mol. The van der Waals surface area contributed by atoms with Crippen molar-refractivity contribution in [2.75, 3.05) is 0 Å². The fraction of sp³-hybridized carbons (Fsp3) is 0. The maximum atomic E-state index is 7.06. The molecule has 205 valence electrons. The molecule has 6 aromatic rings. The number of rotatable bonds is 8. The third kappa shape index (κ3) is 4.84. The summed E-state index contributed by atoms with van der Waals surface area (Å²) in [5, 5.41) is 2.91. The van der Waals surface area contributed by atoms with E-state index in [0.29, 0.717) is 0 Å². The first-order chi connectivity index (χ1) is 20.3. The molecule has 0 heterocycles. The molecule has 0 unspecified atom stereocenters. The summed E-state index contributed by atoms with van der Waals surface area (Å²) in [5.74, 6) is 0. The van der Waals surface area contributed by atoms with E-state index in [0.717, 1.165) is 0 Å². The third-order valence-corrected chi connectivity index (χ3v) is 50.8. The van der Waals surface area contributed by atoms with Crippen LogP contribution in [0.3, 0.4) is 0 Å². The van der Waals surface area contributed by atoms with Gasteiger partial charge in [-0.25, -0.2) is 0 Å². The van der Waals surface area contributed by atoms with Gasteiger partial charge in [-0.05, 0) is 0 Å². The average Bonchev–Trinajstić information content (AvgIpc) is 3.07. The van der Waals surface area contributed by atoms with E-state index in [4.69, 9.17) is 6.42 Å². The van der Waals surface area contributed by atoms with Gasteiger partial charge in [-0.2, -0.15) is 0 Å². The summed E-state index contributed by atoms with van der Waals surface area (Å²) in [7, 11) is 0. The number of hydrogen-bond donors (Lipinski definition) is 0. The van der Waals surface area contributed by atoms with Crippen LogP contribution >= 0.6 is 10.7 Å². The standard InChI is InChI=1S/2C18H15P.C2H.Pt/c2*1-4-10-16(11-5-1)19(17-12-6-2-7-13-17)18-14-8-3-9-15-18;1-2;/h2*1-15H;1H;/q;;;-2/p+2. The van der Waals surface area contributed by atoms with Gasteiger partial charge in [-0.1, -0.05) is 0 Å². The van der Waals surface area contributed by atoms with Crippen molar-refractivity contribution in [2.45, 2.75) is 0 Å². The van der Waals surface area contributed by atoms with Crippen molar-refractivity contribution < 1.29 is 16.3 Å². The van der Waals surface area contributed by atoms with Gasteiger partial charge in [0.15, 0.2) is 0 Å². The molecule has 41 heavy (non-hydrogen) atoms. The zero-order chi connectivity index (χ0) is 28.0. The summed E-state index contributed by atoms with van der Waals surface area (Å²) in [4.78, 5) is 0. The number of hydrogen-bond acceptors (Lipinski definition) is 0. The van der Waals surface area contributed by atoms with Crippen LogP contribution in [-0.2, 0) is 16.3 Å². The molecule has 3 heteroatoms. The van der Waals surface area contributed by atoms with E-state index in [9.17, 15) is 0 Å². The summed E-state index contributed by atoms with van der Waals surface area (Å²) in [6.07, 6.45) is 7.06. The van der Waals surface area contributed by atoms with Gasteiger partial charge >= 0.3 is 252 Å². The van der Waals surface area contributed by atoms with Gasteiger partial charge in [-0.3, -0.25) is 0 Å². The van der Waals surface area contributed by atoms with Crippen LogP contribution in [0.2, 0.25) is 0 Å². The molecule has 0 saturated carbocycles. The topological polar surface area (TPSA) is 0 Å². The van der Waals surface area contributed by atoms with Crippen LogP contribution in [0.4, 0.5) is 0 Å². The van der Waals surface area contributed by atoms with Crippen molar-refractivity contribution in [3.63, 3.8) is 0 Å². The second-order valence-electron chi connectivity index (χ2n) is 9.75. The van der Waals surface area contributed by atoms with Gasteiger partial charge in [0, 0.05) is 0 Å². The van der Waals surface area contributed by atoms with Gasteiger partial charge in [-0.15, -0.1) is 0 Å². The second kappa shape index (κ2) is 12.5. The molecule has 0 aromatic heterocycles. The third-order valence-electron chi connectivity index (χ3n) is 7.49. The van der Waals surface area contributed by atoms with Crippen LogP contribution in [0, 0.1) is 10.7 Å². The SMILES string of the molecule is C#[C][Pt]([PH](c1ccccc1)(c1ccccc1)c1ccccc1)[PH](c1ccccc1)(c1ccccc1)c1ccccc1. The van der Waals surface area contributed by atoms with Gasteiger partial charge < -0.3 is 0 Å². The number of benzene rings is 6. The molecule has 0 amide bonds. The Kier molecular flexibility index (Phi) is 8.43. The molecule has 0 aliphatic heterocycles. The molecule has 0 atom stereocenters. The van der Waals surface area contributed by atoms with E-state index >= 15 is 0 Å². The van der Waals surface area contributed by atoms with Gasteiger partial charge in [0.2, 0.25) is 0 Å². The van der Waals surface area contributed by atoms with Crippen molar-refractivity contribution in [1.29, 1.82) is 0 Å². The normalized spacial score (nSPS) is 12.6. The summed E-state index contributed by atoms with van der Waals surface area (Å²) in [6.45, 7) is 0. The number of terminal acetylenes is 1. The van der Waals surface area contributed by atoms with Crippen molar-refractivity contribution in [1.82, 2.24) is 0 Å². The van der Waals surface area contributed by atoms with Crippen molar-refractivity contribution in [3.05, 3.63) is 182 Å². The Labute approximate surface area is 250 Å². The fourth-order valence-electron chi connectivity index (χ4n) is 5.81. The molecule has 6 aromatic carbocycles. The molecule has 0 saturated heterocycles. The van der Waals surface area contributed by atoms with Crippen molar-refractivity contribution in [2.24, 2.45) is 0 Å². The Morgan fingerprint density at radius 2 is 0.488 bits per heavy atom. The van der Waals surface area contributed by atoms with Gasteiger partial charge in [0.05, 0.1) is 0 Å². The van der Waals surface area contributed by atoms with E-state index in [2.05, 4.69) is 186 Å². The Bertz CT molecular complexity index is 1400. The van der Waals surface area contributed by atoms with Crippen molar-refractivity contribution >= 4 is 42.5 Å². The van der Waals surface area contributed by atoms with Crippen LogP contribution in [0.5, 0.6) is 0 Å². The Morgan fingerprint density at radius 1 is 0.317 bits per heavy atom. The monoisotopic (exact) mass is 746 g/mol. The molecule has 0 fully saturated rings. The van der Waals surface area contributed by atoms with Gasteiger partial charge in [0.1, 0.15) is 0 Å². The van der Waals surface area contributed by atoms with E-state index in [-0.39, 0.29) is 0 Å². The van der Waals surface area contributed by atoms with Crippen LogP contribution in [-0.4, -0.2) is 0 Å². The second-order valence-corrected chi connectivity index (χ2v) is 36.0. The fourth-order valence-corrected chi connectivity index (χ4v) is 60.9. The van der Waals surface area contributed by atoms with E-state index < -0.39 is 27.0 Å². The van der Waals surface area contributed by atoms with Crippen LogP contribution in [0.25, 0.3) is 0 Å². The molecule has 6 rings (SSSR count). The zero-order valence-corrected chi connectivity index (χ0v) is 27.0. The summed E-state index contributed by atoms with van der Waals surface area (Å²) in [6, 6.07) is 67.4. The summed E-state index contributed by atoms with van der Waals surface area (Å²) in [5.41, 5.74) is 0. The Balaban J connectivity index is 1.85. The minimum atomic E-state index is -2.75. The van der Waals surface area contributed by atoms with Crippen molar-refractivity contribution in [3.8, 4) is 10.7 Å². The quantitative estimate of drug-likeness (QED) is 0.124. The maximum absolute atomic E-state index is 7.06. The molecule has 0 bridgehead atoms. The van der Waals surface area contributed by atoms with E-state index in [1.54, 1.807) is 0 Å². The molecule has 0 spiro atoms. The molecule has 0 radical (unpaired) electrons. The molecular weight excluding hydrogens is 713 g/mol. The zero-order valence-electron chi connectivity index (χ0n) is 22.7. The average molecular weight is 747 g/mol. The minimum absolute atomic E-state index is 1.40. The molecule has 0 aliphatic carbocycles. The first-order valence-corrected chi connectivity index (χ1v) is 25.3. The first-order valence-electron chi connectivity index (χ1n) is 13.7. The predicted octanol–water partition coefficient (Wildman–Crippen LogP) is 6.48. The summed E-state index contributed by atoms with van der Waals surface area (Å²) < 4.78 is 3.76. The van der Waals surface area contributed by atoms with Crippen LogP contribution < -0.4 is 31.8 Å². The first kappa shape index (κ1) is 27.6. The van der Waals surface area contributed by atoms with Crippen LogP contribution in [0.1, 0.15) is 0 Å². The van der Waals surface area contributed by atoms with Gasteiger partial charge in [0.25, 0.3) is 0 Å². The molecule has 0 aliphatic rings. The summed E-state index contributed by atoms with van der Waals surface area (Å²) >= 11 is -2.56. The molecule has 0 nitrogen and oxygen atoms in total. The van der Waals surface area contributed by atoms with E-state index in [1.807, 2.05) is 0 Å². The molecular formula is C38H33P2Pt. The molecule has 0 N–H and O–H groups in total. The van der Waals surface area contributed by atoms with Crippen LogP contribution in [0.15, 0.2) is 182 Å². The Hall–Kier alpha value is -3.57. The Morgan fingerprint density at radius 3 is 0.634 bits per heavy atom. The van der Waals surface area contributed by atoms with E-state index in [1.165, 1.54) is 31.8 Å².